The first-order valence-corrected chi connectivity index (χ1v) is 11.2. The summed E-state index contributed by atoms with van der Waals surface area (Å²) in [6, 6.07) is 18.8. The zero-order valence-corrected chi connectivity index (χ0v) is 18.4. The summed E-state index contributed by atoms with van der Waals surface area (Å²) in [4.78, 5) is 37.0. The third-order valence-corrected chi connectivity index (χ3v) is 6.04. The van der Waals surface area contributed by atoms with Crippen LogP contribution in [0.4, 0.5) is 5.82 Å². The molecule has 4 aromatic rings. The number of rotatable bonds is 4. The molecule has 0 unspecified atom stereocenters. The summed E-state index contributed by atoms with van der Waals surface area (Å²) in [5.41, 5.74) is 2.81. The van der Waals surface area contributed by atoms with E-state index in [1.54, 1.807) is 12.3 Å². The fraction of sp³-hybridized carbons (Fsp3) is 0.231. The Balaban J connectivity index is 1.43. The van der Waals surface area contributed by atoms with Crippen LogP contribution in [0.3, 0.4) is 0 Å². The standard InChI is InChI=1S/C26H25N5O2/c1-18-12-13-22(27-16-18)28-25(32)23-21-11-5-6-15-31(21)24(29-23)20-10-7-14-30(17-20)26(33)19-8-3-2-4-9-19/h2-6,8-9,11-13,15-16,20H,7,10,14,17H2,1H3,(H,27,28,32)/t20-/m0/s1. The lowest BCUT2D eigenvalue weighted by Gasteiger charge is -2.32. The lowest BCUT2D eigenvalue weighted by Crippen LogP contribution is -2.39. The highest BCUT2D eigenvalue weighted by molar-refractivity contribution is 6.07. The van der Waals surface area contributed by atoms with Crippen LogP contribution in [0.1, 0.15) is 51.0 Å². The molecule has 3 aromatic heterocycles. The Bertz CT molecular complexity index is 1300. The SMILES string of the molecule is Cc1ccc(NC(=O)c2nc([C@H]3CCCN(C(=O)c4ccccc4)C3)n3ccccc23)nc1. The quantitative estimate of drug-likeness (QED) is 0.514. The molecule has 0 spiro atoms. The number of fused-ring (bicyclic) bond motifs is 1. The van der Waals surface area contributed by atoms with Gasteiger partial charge in [0.2, 0.25) is 0 Å². The van der Waals surface area contributed by atoms with Gasteiger partial charge in [-0.25, -0.2) is 9.97 Å². The summed E-state index contributed by atoms with van der Waals surface area (Å²) in [5.74, 6) is 1.07. The van der Waals surface area contributed by atoms with E-state index in [0.717, 1.165) is 36.3 Å². The van der Waals surface area contributed by atoms with Gasteiger partial charge in [-0.1, -0.05) is 30.3 Å². The molecule has 1 aromatic carbocycles. The van der Waals surface area contributed by atoms with Crippen LogP contribution in [0.2, 0.25) is 0 Å². The second kappa shape index (κ2) is 8.86. The van der Waals surface area contributed by atoms with E-state index in [0.29, 0.717) is 23.6 Å². The predicted molar refractivity (Wildman–Crippen MR) is 126 cm³/mol. The van der Waals surface area contributed by atoms with Crippen molar-refractivity contribution in [1.29, 1.82) is 0 Å². The van der Waals surface area contributed by atoms with E-state index in [2.05, 4.69) is 10.3 Å². The molecule has 1 saturated heterocycles. The normalized spacial score (nSPS) is 16.0. The Morgan fingerprint density at radius 3 is 2.64 bits per heavy atom. The molecule has 0 bridgehead atoms. The molecule has 1 aliphatic heterocycles. The predicted octanol–water partition coefficient (Wildman–Crippen LogP) is 4.31. The Labute approximate surface area is 192 Å². The minimum Gasteiger partial charge on any atom is -0.338 e. The van der Waals surface area contributed by atoms with Gasteiger partial charge in [0.25, 0.3) is 11.8 Å². The minimum absolute atomic E-state index is 0.0320. The molecule has 7 heteroatoms. The number of piperidine rings is 1. The van der Waals surface area contributed by atoms with Crippen molar-refractivity contribution in [3.05, 3.63) is 95.7 Å². The van der Waals surface area contributed by atoms with Crippen molar-refractivity contribution in [1.82, 2.24) is 19.3 Å². The van der Waals surface area contributed by atoms with Gasteiger partial charge in [-0.05, 0) is 55.7 Å². The number of benzene rings is 1. The second-order valence-corrected chi connectivity index (χ2v) is 8.41. The van der Waals surface area contributed by atoms with Gasteiger partial charge in [-0.3, -0.25) is 9.59 Å². The molecule has 0 aliphatic carbocycles. The Hall–Kier alpha value is -4.00. The second-order valence-electron chi connectivity index (χ2n) is 8.41. The number of hydrogen-bond donors (Lipinski definition) is 1. The van der Waals surface area contributed by atoms with Crippen molar-refractivity contribution in [3.63, 3.8) is 0 Å². The fourth-order valence-corrected chi connectivity index (χ4v) is 4.37. The third kappa shape index (κ3) is 4.22. The molecule has 33 heavy (non-hydrogen) atoms. The summed E-state index contributed by atoms with van der Waals surface area (Å²) in [5, 5.41) is 2.85. The molecule has 4 heterocycles. The lowest BCUT2D eigenvalue weighted by molar-refractivity contribution is 0.0704. The van der Waals surface area contributed by atoms with Gasteiger partial charge >= 0.3 is 0 Å². The molecule has 1 fully saturated rings. The van der Waals surface area contributed by atoms with Gasteiger partial charge in [0.1, 0.15) is 11.6 Å². The van der Waals surface area contributed by atoms with Crippen LogP contribution >= 0.6 is 0 Å². The first kappa shape index (κ1) is 20.9. The summed E-state index contributed by atoms with van der Waals surface area (Å²) in [6.45, 7) is 3.24. The zero-order chi connectivity index (χ0) is 22.8. The third-order valence-electron chi connectivity index (χ3n) is 6.04. The maximum Gasteiger partial charge on any atom is 0.277 e. The average Bonchev–Trinajstić information content (AvgIpc) is 3.26. The van der Waals surface area contributed by atoms with E-state index in [4.69, 9.17) is 4.98 Å². The van der Waals surface area contributed by atoms with Gasteiger partial charge < -0.3 is 14.6 Å². The highest BCUT2D eigenvalue weighted by Gasteiger charge is 2.30. The van der Waals surface area contributed by atoms with E-state index in [9.17, 15) is 9.59 Å². The van der Waals surface area contributed by atoms with Crippen molar-refractivity contribution in [2.45, 2.75) is 25.7 Å². The van der Waals surface area contributed by atoms with Crippen LogP contribution in [0.15, 0.2) is 73.1 Å². The van der Waals surface area contributed by atoms with E-state index < -0.39 is 0 Å². The van der Waals surface area contributed by atoms with Gasteiger partial charge in [0.15, 0.2) is 5.69 Å². The summed E-state index contributed by atoms with van der Waals surface area (Å²) in [6.07, 6.45) is 5.44. The van der Waals surface area contributed by atoms with Crippen molar-refractivity contribution < 1.29 is 9.59 Å². The van der Waals surface area contributed by atoms with Crippen LogP contribution in [-0.4, -0.2) is 44.2 Å². The van der Waals surface area contributed by atoms with Gasteiger partial charge in [0, 0.05) is 37.0 Å². The number of amides is 2. The first-order chi connectivity index (χ1) is 16.1. The fourth-order valence-electron chi connectivity index (χ4n) is 4.37. The molecule has 1 aliphatic rings. The Morgan fingerprint density at radius 1 is 1.03 bits per heavy atom. The van der Waals surface area contributed by atoms with Gasteiger partial charge in [0.05, 0.1) is 5.52 Å². The number of nitrogens with one attached hydrogen (secondary N) is 1. The summed E-state index contributed by atoms with van der Waals surface area (Å²) < 4.78 is 1.97. The van der Waals surface area contributed by atoms with Crippen LogP contribution in [0.25, 0.3) is 5.52 Å². The number of likely N-dealkylation sites (tertiary alicyclic amines) is 1. The smallest absolute Gasteiger partial charge is 0.277 e. The van der Waals surface area contributed by atoms with E-state index in [1.165, 1.54) is 0 Å². The summed E-state index contributed by atoms with van der Waals surface area (Å²) in [7, 11) is 0. The van der Waals surface area contributed by atoms with E-state index >= 15 is 0 Å². The Morgan fingerprint density at radius 2 is 1.85 bits per heavy atom. The largest absolute Gasteiger partial charge is 0.338 e. The zero-order valence-electron chi connectivity index (χ0n) is 18.4. The average molecular weight is 440 g/mol. The van der Waals surface area contributed by atoms with Crippen LogP contribution in [-0.2, 0) is 0 Å². The van der Waals surface area contributed by atoms with Crippen molar-refractivity contribution >= 4 is 23.1 Å². The maximum absolute atomic E-state index is 13.1. The molecule has 0 radical (unpaired) electrons. The number of pyridine rings is 2. The van der Waals surface area contributed by atoms with Crippen molar-refractivity contribution in [2.75, 3.05) is 18.4 Å². The minimum atomic E-state index is -0.297. The van der Waals surface area contributed by atoms with E-state index in [-0.39, 0.29) is 17.7 Å². The van der Waals surface area contributed by atoms with Crippen molar-refractivity contribution in [3.8, 4) is 0 Å². The van der Waals surface area contributed by atoms with Crippen LogP contribution < -0.4 is 5.32 Å². The van der Waals surface area contributed by atoms with E-state index in [1.807, 2.05) is 77.0 Å². The number of aromatic nitrogens is 3. The molecular weight excluding hydrogens is 414 g/mol. The van der Waals surface area contributed by atoms with Crippen LogP contribution in [0.5, 0.6) is 0 Å². The highest BCUT2D eigenvalue weighted by atomic mass is 16.2. The molecule has 1 N–H and O–H groups in total. The Kier molecular flexibility index (Phi) is 5.60. The van der Waals surface area contributed by atoms with Gasteiger partial charge in [-0.15, -0.1) is 0 Å². The van der Waals surface area contributed by atoms with Crippen LogP contribution in [0, 0.1) is 6.92 Å². The topological polar surface area (TPSA) is 79.6 Å². The van der Waals surface area contributed by atoms with Crippen molar-refractivity contribution in [2.24, 2.45) is 0 Å². The molecule has 166 valence electrons. The monoisotopic (exact) mass is 439 g/mol. The number of carbonyl (C=O) groups is 2. The molecular formula is C26H25N5O2. The maximum atomic E-state index is 13.1. The summed E-state index contributed by atoms with van der Waals surface area (Å²) >= 11 is 0. The molecule has 1 atom stereocenters. The number of anilines is 1. The molecule has 5 rings (SSSR count). The molecule has 0 saturated carbocycles. The highest BCUT2D eigenvalue weighted by Crippen LogP contribution is 2.29. The number of hydrogen-bond acceptors (Lipinski definition) is 4. The molecule has 2 amide bonds. The van der Waals surface area contributed by atoms with Gasteiger partial charge in [-0.2, -0.15) is 0 Å². The number of nitrogens with zero attached hydrogens (tertiary/aromatic N) is 4. The number of aryl methyl sites for hydroxylation is 1. The lowest BCUT2D eigenvalue weighted by atomic mass is 9.96. The molecule has 7 nitrogen and oxygen atoms in total. The number of imidazole rings is 1. The first-order valence-electron chi connectivity index (χ1n) is 11.2. The number of carbonyl (C=O) groups excluding carboxylic acids is 2.